The fraction of sp³-hybridized carbons (Fsp3) is 0.727. The molecule has 0 atom stereocenters. The molecule has 0 fully saturated rings. The second kappa shape index (κ2) is 6.34. The highest BCUT2D eigenvalue weighted by atomic mass is 16.4. The first-order valence-corrected chi connectivity index (χ1v) is 5.99. The lowest BCUT2D eigenvalue weighted by atomic mass is 10.0. The van der Waals surface area contributed by atoms with Crippen molar-refractivity contribution >= 4 is 5.97 Å². The van der Waals surface area contributed by atoms with Crippen LogP contribution in [0, 0.1) is 5.92 Å². The Morgan fingerprint density at radius 2 is 2.12 bits per heavy atom. The van der Waals surface area contributed by atoms with Crippen molar-refractivity contribution in [2.45, 2.75) is 39.7 Å². The van der Waals surface area contributed by atoms with Crippen LogP contribution in [0.25, 0.3) is 0 Å². The van der Waals surface area contributed by atoms with Gasteiger partial charge in [-0.25, -0.2) is 9.48 Å². The maximum atomic E-state index is 11.0. The topological polar surface area (TPSA) is 94.0 Å². The third kappa shape index (κ3) is 3.26. The maximum Gasteiger partial charge on any atom is 0.358 e. The van der Waals surface area contributed by atoms with E-state index in [1.807, 2.05) is 0 Å². The number of rotatable bonds is 7. The Labute approximate surface area is 101 Å². The molecule has 0 aromatic carbocycles. The molecule has 0 unspecified atom stereocenters. The van der Waals surface area contributed by atoms with E-state index in [2.05, 4.69) is 24.2 Å². The van der Waals surface area contributed by atoms with Gasteiger partial charge in [-0.2, -0.15) is 0 Å². The van der Waals surface area contributed by atoms with Crippen LogP contribution in [-0.2, 0) is 13.0 Å². The Morgan fingerprint density at radius 1 is 1.47 bits per heavy atom. The first-order valence-electron chi connectivity index (χ1n) is 5.99. The SMILES string of the molecule is CCC(CC)Cn1nnc(C(=O)O)c1CCN. The van der Waals surface area contributed by atoms with Gasteiger partial charge in [0, 0.05) is 13.0 Å². The third-order valence-electron chi connectivity index (χ3n) is 3.01. The van der Waals surface area contributed by atoms with Gasteiger partial charge in [-0.3, -0.25) is 0 Å². The van der Waals surface area contributed by atoms with Crippen LogP contribution in [-0.4, -0.2) is 32.6 Å². The Kier molecular flexibility index (Phi) is 5.09. The van der Waals surface area contributed by atoms with Crippen molar-refractivity contribution < 1.29 is 9.90 Å². The minimum absolute atomic E-state index is 0.0291. The van der Waals surface area contributed by atoms with Gasteiger partial charge in [-0.05, 0) is 12.5 Å². The molecule has 0 aliphatic carbocycles. The zero-order chi connectivity index (χ0) is 12.8. The van der Waals surface area contributed by atoms with E-state index < -0.39 is 5.97 Å². The molecule has 0 saturated heterocycles. The summed E-state index contributed by atoms with van der Waals surface area (Å²) in [5, 5.41) is 16.6. The molecule has 96 valence electrons. The summed E-state index contributed by atoms with van der Waals surface area (Å²) in [7, 11) is 0. The zero-order valence-corrected chi connectivity index (χ0v) is 10.4. The van der Waals surface area contributed by atoms with Gasteiger partial charge in [-0.15, -0.1) is 5.10 Å². The Morgan fingerprint density at radius 3 is 2.59 bits per heavy atom. The Hall–Kier alpha value is -1.43. The van der Waals surface area contributed by atoms with E-state index in [1.165, 1.54) is 0 Å². The molecule has 0 saturated carbocycles. The molecular weight excluding hydrogens is 220 g/mol. The van der Waals surface area contributed by atoms with Crippen molar-refractivity contribution in [3.05, 3.63) is 11.4 Å². The standard InChI is InChI=1S/C11H20N4O2/c1-3-8(4-2)7-15-9(5-6-12)10(11(16)17)13-14-15/h8H,3-7,12H2,1-2H3,(H,16,17). The summed E-state index contributed by atoms with van der Waals surface area (Å²) in [6, 6.07) is 0. The summed E-state index contributed by atoms with van der Waals surface area (Å²) in [5.74, 6) is -0.542. The van der Waals surface area contributed by atoms with E-state index in [0.717, 1.165) is 12.8 Å². The lowest BCUT2D eigenvalue weighted by molar-refractivity contribution is 0.0689. The van der Waals surface area contributed by atoms with Crippen LogP contribution in [0.5, 0.6) is 0 Å². The minimum atomic E-state index is -1.04. The third-order valence-corrected chi connectivity index (χ3v) is 3.01. The largest absolute Gasteiger partial charge is 0.476 e. The molecule has 1 heterocycles. The summed E-state index contributed by atoms with van der Waals surface area (Å²) >= 11 is 0. The first-order chi connectivity index (χ1) is 8.13. The van der Waals surface area contributed by atoms with Gasteiger partial charge in [-0.1, -0.05) is 31.9 Å². The fourth-order valence-corrected chi connectivity index (χ4v) is 1.82. The van der Waals surface area contributed by atoms with Crippen LogP contribution in [0.4, 0.5) is 0 Å². The molecule has 0 amide bonds. The van der Waals surface area contributed by atoms with Gasteiger partial charge in [0.15, 0.2) is 5.69 Å². The molecule has 6 heteroatoms. The van der Waals surface area contributed by atoms with Gasteiger partial charge in [0.2, 0.25) is 0 Å². The van der Waals surface area contributed by atoms with Gasteiger partial charge < -0.3 is 10.8 Å². The van der Waals surface area contributed by atoms with Gasteiger partial charge in [0.1, 0.15) is 0 Å². The van der Waals surface area contributed by atoms with Crippen molar-refractivity contribution in [2.75, 3.05) is 6.54 Å². The quantitative estimate of drug-likeness (QED) is 0.739. The van der Waals surface area contributed by atoms with Crippen LogP contribution in [0.2, 0.25) is 0 Å². The van der Waals surface area contributed by atoms with Crippen molar-refractivity contribution in [3.8, 4) is 0 Å². The number of carbonyl (C=O) groups is 1. The van der Waals surface area contributed by atoms with E-state index in [9.17, 15) is 4.79 Å². The normalized spacial score (nSPS) is 11.1. The second-order valence-electron chi connectivity index (χ2n) is 4.09. The first kappa shape index (κ1) is 13.6. The highest BCUT2D eigenvalue weighted by Crippen LogP contribution is 2.14. The van der Waals surface area contributed by atoms with Crippen molar-refractivity contribution in [3.63, 3.8) is 0 Å². The molecule has 3 N–H and O–H groups in total. The van der Waals surface area contributed by atoms with Gasteiger partial charge in [0.25, 0.3) is 0 Å². The average Bonchev–Trinajstić information content (AvgIpc) is 2.70. The monoisotopic (exact) mass is 240 g/mol. The molecule has 6 nitrogen and oxygen atoms in total. The summed E-state index contributed by atoms with van der Waals surface area (Å²) in [4.78, 5) is 11.0. The molecule has 0 radical (unpaired) electrons. The Balaban J connectivity index is 2.94. The smallest absolute Gasteiger partial charge is 0.358 e. The predicted molar refractivity (Wildman–Crippen MR) is 63.8 cm³/mol. The van der Waals surface area contributed by atoms with Gasteiger partial charge in [0.05, 0.1) is 5.69 Å². The average molecular weight is 240 g/mol. The van der Waals surface area contributed by atoms with Gasteiger partial charge >= 0.3 is 5.97 Å². The number of aromatic nitrogens is 3. The summed E-state index contributed by atoms with van der Waals surface area (Å²) < 4.78 is 1.69. The molecule has 0 bridgehead atoms. The molecule has 1 aromatic heterocycles. The number of carboxylic acid groups (broad SMARTS) is 1. The van der Waals surface area contributed by atoms with Crippen LogP contribution in [0.15, 0.2) is 0 Å². The van der Waals surface area contributed by atoms with Crippen LogP contribution < -0.4 is 5.73 Å². The molecule has 1 aromatic rings. The van der Waals surface area contributed by atoms with E-state index >= 15 is 0 Å². The summed E-state index contributed by atoms with van der Waals surface area (Å²) in [6.45, 7) is 5.34. The predicted octanol–water partition coefficient (Wildman–Crippen LogP) is 0.914. The zero-order valence-electron chi connectivity index (χ0n) is 10.4. The molecular formula is C11H20N4O2. The number of nitrogens with two attached hydrogens (primary N) is 1. The van der Waals surface area contributed by atoms with E-state index in [-0.39, 0.29) is 5.69 Å². The van der Waals surface area contributed by atoms with E-state index in [4.69, 9.17) is 10.8 Å². The van der Waals surface area contributed by atoms with Crippen LogP contribution in [0.1, 0.15) is 42.9 Å². The molecule has 17 heavy (non-hydrogen) atoms. The van der Waals surface area contributed by atoms with Crippen molar-refractivity contribution in [1.82, 2.24) is 15.0 Å². The summed E-state index contributed by atoms with van der Waals surface area (Å²) in [6.07, 6.45) is 2.58. The van der Waals surface area contributed by atoms with Crippen LogP contribution >= 0.6 is 0 Å². The minimum Gasteiger partial charge on any atom is -0.476 e. The maximum absolute atomic E-state index is 11.0. The van der Waals surface area contributed by atoms with Crippen molar-refractivity contribution in [1.29, 1.82) is 0 Å². The lowest BCUT2D eigenvalue weighted by Gasteiger charge is -2.13. The van der Waals surface area contributed by atoms with Crippen molar-refractivity contribution in [2.24, 2.45) is 11.7 Å². The highest BCUT2D eigenvalue weighted by Gasteiger charge is 2.19. The lowest BCUT2D eigenvalue weighted by Crippen LogP contribution is -2.17. The molecule has 0 aliphatic rings. The van der Waals surface area contributed by atoms with E-state index in [0.29, 0.717) is 31.1 Å². The number of carboxylic acids is 1. The highest BCUT2D eigenvalue weighted by molar-refractivity contribution is 5.86. The van der Waals surface area contributed by atoms with E-state index in [1.54, 1.807) is 4.68 Å². The molecule has 1 rings (SSSR count). The number of nitrogens with zero attached hydrogens (tertiary/aromatic N) is 3. The molecule has 0 aliphatic heterocycles. The molecule has 0 spiro atoms. The second-order valence-corrected chi connectivity index (χ2v) is 4.09. The Bertz CT molecular complexity index is 372. The fourth-order valence-electron chi connectivity index (χ4n) is 1.82. The van der Waals surface area contributed by atoms with Crippen LogP contribution in [0.3, 0.4) is 0 Å². The number of hydrogen-bond donors (Lipinski definition) is 2. The number of hydrogen-bond acceptors (Lipinski definition) is 4. The summed E-state index contributed by atoms with van der Waals surface area (Å²) in [5.41, 5.74) is 6.15. The number of aromatic carboxylic acids is 1.